The van der Waals surface area contributed by atoms with Crippen LogP contribution in [-0.4, -0.2) is 30.9 Å². The maximum atomic E-state index is 12.4. The fourth-order valence-corrected chi connectivity index (χ4v) is 3.47. The van der Waals surface area contributed by atoms with Crippen molar-refractivity contribution in [3.05, 3.63) is 42.7 Å². The van der Waals surface area contributed by atoms with Gasteiger partial charge in [-0.05, 0) is 31.9 Å². The molecule has 1 aliphatic rings. The number of anilines is 1. The minimum Gasteiger partial charge on any atom is -0.337 e. The lowest BCUT2D eigenvalue weighted by Gasteiger charge is -2.24. The van der Waals surface area contributed by atoms with E-state index >= 15 is 0 Å². The third-order valence-electron chi connectivity index (χ3n) is 4.93. The van der Waals surface area contributed by atoms with Gasteiger partial charge in [0.1, 0.15) is 11.9 Å². The molecule has 9 heteroatoms. The lowest BCUT2D eigenvalue weighted by atomic mass is 9.96. The average Bonchev–Trinajstić information content (AvgIpc) is 3.39. The minimum absolute atomic E-state index is 0.336. The SMILES string of the molecule is CC(NC(=O)Nc1ccnn1C1CCCCC1)c1nc(-c2ccncc2)no1. The van der Waals surface area contributed by atoms with Gasteiger partial charge in [-0.15, -0.1) is 0 Å². The summed E-state index contributed by atoms with van der Waals surface area (Å²) in [6, 6.07) is 4.98. The first-order valence-corrected chi connectivity index (χ1v) is 9.56. The van der Waals surface area contributed by atoms with Crippen LogP contribution >= 0.6 is 0 Å². The standard InChI is InChI=1S/C19H23N7O2/c1-13(18-24-17(25-28-18)14-7-10-20-11-8-14)22-19(27)23-16-9-12-21-26(16)15-5-3-2-4-6-15/h7-13,15H,2-6H2,1H3,(H2,22,23,27). The molecule has 2 N–H and O–H groups in total. The molecule has 1 fully saturated rings. The summed E-state index contributed by atoms with van der Waals surface area (Å²) < 4.78 is 7.21. The quantitative estimate of drug-likeness (QED) is 0.697. The maximum Gasteiger partial charge on any atom is 0.321 e. The number of carbonyl (C=O) groups excluding carboxylic acids is 1. The highest BCUT2D eigenvalue weighted by atomic mass is 16.5. The number of urea groups is 1. The molecule has 0 spiro atoms. The Morgan fingerprint density at radius 3 is 2.75 bits per heavy atom. The molecule has 0 aliphatic heterocycles. The Kier molecular flexibility index (Phi) is 5.31. The number of amides is 2. The molecule has 1 unspecified atom stereocenters. The molecule has 3 heterocycles. The van der Waals surface area contributed by atoms with E-state index in [9.17, 15) is 4.79 Å². The second-order valence-electron chi connectivity index (χ2n) is 6.97. The number of nitrogens with one attached hydrogen (secondary N) is 2. The monoisotopic (exact) mass is 381 g/mol. The molecule has 1 atom stereocenters. The zero-order valence-electron chi connectivity index (χ0n) is 15.7. The number of carbonyl (C=O) groups is 1. The van der Waals surface area contributed by atoms with Crippen LogP contribution < -0.4 is 10.6 Å². The highest BCUT2D eigenvalue weighted by molar-refractivity contribution is 5.88. The lowest BCUT2D eigenvalue weighted by Crippen LogP contribution is -2.32. The van der Waals surface area contributed by atoms with Crippen LogP contribution in [0.4, 0.5) is 10.6 Å². The van der Waals surface area contributed by atoms with Crippen molar-refractivity contribution in [3.8, 4) is 11.4 Å². The predicted molar refractivity (Wildman–Crippen MR) is 102 cm³/mol. The Morgan fingerprint density at radius 1 is 1.18 bits per heavy atom. The topological polar surface area (TPSA) is 111 Å². The van der Waals surface area contributed by atoms with Crippen molar-refractivity contribution in [1.82, 2.24) is 30.2 Å². The fraction of sp³-hybridized carbons (Fsp3) is 0.421. The molecule has 1 aliphatic carbocycles. The predicted octanol–water partition coefficient (Wildman–Crippen LogP) is 3.72. The van der Waals surface area contributed by atoms with Crippen molar-refractivity contribution in [2.75, 3.05) is 5.32 Å². The maximum absolute atomic E-state index is 12.4. The summed E-state index contributed by atoms with van der Waals surface area (Å²) >= 11 is 0. The van der Waals surface area contributed by atoms with Crippen molar-refractivity contribution in [2.24, 2.45) is 0 Å². The number of nitrogens with zero attached hydrogens (tertiary/aromatic N) is 5. The van der Waals surface area contributed by atoms with E-state index in [-0.39, 0.29) is 6.03 Å². The van der Waals surface area contributed by atoms with Crippen molar-refractivity contribution in [3.63, 3.8) is 0 Å². The van der Waals surface area contributed by atoms with Gasteiger partial charge in [0, 0.05) is 24.0 Å². The molecule has 4 rings (SSSR count). The van der Waals surface area contributed by atoms with E-state index in [1.54, 1.807) is 37.6 Å². The number of hydrogen-bond acceptors (Lipinski definition) is 6. The number of hydrogen-bond donors (Lipinski definition) is 2. The van der Waals surface area contributed by atoms with Crippen molar-refractivity contribution >= 4 is 11.8 Å². The van der Waals surface area contributed by atoms with Crippen LogP contribution in [0.2, 0.25) is 0 Å². The van der Waals surface area contributed by atoms with E-state index in [4.69, 9.17) is 4.52 Å². The average molecular weight is 381 g/mol. The van der Waals surface area contributed by atoms with Gasteiger partial charge in [-0.2, -0.15) is 10.1 Å². The smallest absolute Gasteiger partial charge is 0.321 e. The Labute approximate surface area is 162 Å². The van der Waals surface area contributed by atoms with Gasteiger partial charge in [-0.3, -0.25) is 10.3 Å². The molecule has 0 bridgehead atoms. The Balaban J connectivity index is 1.38. The molecule has 28 heavy (non-hydrogen) atoms. The molecular weight excluding hydrogens is 358 g/mol. The van der Waals surface area contributed by atoms with Crippen LogP contribution in [0.1, 0.15) is 57.0 Å². The fourth-order valence-electron chi connectivity index (χ4n) is 3.47. The molecule has 146 valence electrons. The van der Waals surface area contributed by atoms with Crippen LogP contribution in [0.3, 0.4) is 0 Å². The number of aromatic nitrogens is 5. The third-order valence-corrected chi connectivity index (χ3v) is 4.93. The Morgan fingerprint density at radius 2 is 1.96 bits per heavy atom. The van der Waals surface area contributed by atoms with E-state index in [0.717, 1.165) is 18.4 Å². The van der Waals surface area contributed by atoms with E-state index in [0.29, 0.717) is 23.6 Å². The van der Waals surface area contributed by atoms with Crippen LogP contribution in [0, 0.1) is 0 Å². The van der Waals surface area contributed by atoms with Gasteiger partial charge in [0.2, 0.25) is 11.7 Å². The van der Waals surface area contributed by atoms with Crippen LogP contribution in [-0.2, 0) is 0 Å². The molecular formula is C19H23N7O2. The van der Waals surface area contributed by atoms with Gasteiger partial charge in [-0.1, -0.05) is 24.4 Å². The summed E-state index contributed by atoms with van der Waals surface area (Å²) in [6.45, 7) is 1.79. The Hall–Kier alpha value is -3.23. The van der Waals surface area contributed by atoms with Gasteiger partial charge in [0.25, 0.3) is 0 Å². The van der Waals surface area contributed by atoms with Gasteiger partial charge in [-0.25, -0.2) is 9.48 Å². The van der Waals surface area contributed by atoms with E-state index in [1.165, 1.54) is 19.3 Å². The first kappa shape index (κ1) is 18.1. The first-order chi connectivity index (χ1) is 13.7. The number of pyridine rings is 1. The van der Waals surface area contributed by atoms with Crippen LogP contribution in [0.25, 0.3) is 11.4 Å². The summed E-state index contributed by atoms with van der Waals surface area (Å²) in [7, 11) is 0. The molecule has 1 saturated carbocycles. The second kappa shape index (κ2) is 8.20. The first-order valence-electron chi connectivity index (χ1n) is 9.56. The molecule has 2 amide bonds. The Bertz CT molecular complexity index is 915. The van der Waals surface area contributed by atoms with Crippen molar-refractivity contribution in [2.45, 2.75) is 51.1 Å². The van der Waals surface area contributed by atoms with Crippen molar-refractivity contribution in [1.29, 1.82) is 0 Å². The molecule has 0 saturated heterocycles. The third kappa shape index (κ3) is 4.03. The van der Waals surface area contributed by atoms with Crippen LogP contribution in [0.15, 0.2) is 41.3 Å². The van der Waals surface area contributed by atoms with Gasteiger partial charge < -0.3 is 9.84 Å². The summed E-state index contributed by atoms with van der Waals surface area (Å²) in [6.07, 6.45) is 10.9. The molecule has 9 nitrogen and oxygen atoms in total. The van der Waals surface area contributed by atoms with Gasteiger partial charge >= 0.3 is 6.03 Å². The van der Waals surface area contributed by atoms with E-state index < -0.39 is 6.04 Å². The van der Waals surface area contributed by atoms with Gasteiger partial charge in [0.05, 0.1) is 12.2 Å². The van der Waals surface area contributed by atoms with Gasteiger partial charge in [0.15, 0.2) is 0 Å². The highest BCUT2D eigenvalue weighted by Gasteiger charge is 2.21. The van der Waals surface area contributed by atoms with Crippen LogP contribution in [0.5, 0.6) is 0 Å². The largest absolute Gasteiger partial charge is 0.337 e. The summed E-state index contributed by atoms with van der Waals surface area (Å²) in [5.74, 6) is 1.49. The second-order valence-corrected chi connectivity index (χ2v) is 6.97. The van der Waals surface area contributed by atoms with E-state index in [1.807, 2.05) is 10.7 Å². The zero-order valence-corrected chi connectivity index (χ0v) is 15.7. The molecule has 0 radical (unpaired) electrons. The van der Waals surface area contributed by atoms with Crippen molar-refractivity contribution < 1.29 is 9.32 Å². The molecule has 0 aromatic carbocycles. The summed E-state index contributed by atoms with van der Waals surface area (Å²) in [5, 5.41) is 14.1. The summed E-state index contributed by atoms with van der Waals surface area (Å²) in [5.41, 5.74) is 0.804. The molecule has 3 aromatic rings. The van der Waals surface area contributed by atoms with E-state index in [2.05, 4.69) is 30.9 Å². The normalized spacial score (nSPS) is 15.9. The molecule has 3 aromatic heterocycles. The summed E-state index contributed by atoms with van der Waals surface area (Å²) in [4.78, 5) is 20.8. The lowest BCUT2D eigenvalue weighted by molar-refractivity contribution is 0.245. The minimum atomic E-state index is -0.436. The highest BCUT2D eigenvalue weighted by Crippen LogP contribution is 2.29. The zero-order chi connectivity index (χ0) is 19.3. The number of rotatable bonds is 5.